The predicted molar refractivity (Wildman–Crippen MR) is 127 cm³/mol. The van der Waals surface area contributed by atoms with Crippen molar-refractivity contribution in [3.8, 4) is 11.3 Å². The van der Waals surface area contributed by atoms with Crippen molar-refractivity contribution < 1.29 is 18.7 Å². The molecule has 7 nitrogen and oxygen atoms in total. The molecule has 0 bridgehead atoms. The van der Waals surface area contributed by atoms with E-state index in [0.29, 0.717) is 5.69 Å². The minimum atomic E-state index is -0.666. The number of carbonyl (C=O) groups excluding carboxylic acids is 2. The highest BCUT2D eigenvalue weighted by molar-refractivity contribution is 7.15. The summed E-state index contributed by atoms with van der Waals surface area (Å²) in [6, 6.07) is 13.7. The van der Waals surface area contributed by atoms with E-state index in [0.717, 1.165) is 21.9 Å². The Morgan fingerprint density at radius 3 is 2.61 bits per heavy atom. The third-order valence-corrected chi connectivity index (χ3v) is 5.47. The highest BCUT2D eigenvalue weighted by Crippen LogP contribution is 2.25. The minimum absolute atomic E-state index is 0.0318. The largest absolute Gasteiger partial charge is 0.444 e. The average Bonchev–Trinajstić information content (AvgIpc) is 3.32. The second kappa shape index (κ2) is 9.03. The van der Waals surface area contributed by atoms with Gasteiger partial charge in [-0.2, -0.15) is 0 Å². The Kier molecular flexibility index (Phi) is 6.15. The van der Waals surface area contributed by atoms with E-state index >= 15 is 0 Å². The molecule has 0 spiro atoms. The predicted octanol–water partition coefficient (Wildman–Crippen LogP) is 5.73. The van der Waals surface area contributed by atoms with E-state index in [1.165, 1.54) is 29.5 Å². The number of ether oxygens (including phenoxy) is 1. The van der Waals surface area contributed by atoms with Crippen LogP contribution in [0.5, 0.6) is 0 Å². The Morgan fingerprint density at radius 2 is 1.88 bits per heavy atom. The van der Waals surface area contributed by atoms with Crippen molar-refractivity contribution in [1.82, 2.24) is 9.38 Å². The van der Waals surface area contributed by atoms with Gasteiger partial charge < -0.3 is 10.1 Å². The number of nitrogens with one attached hydrogen (secondary N) is 2. The lowest BCUT2D eigenvalue weighted by molar-refractivity contribution is -0.115. The molecule has 9 heteroatoms. The van der Waals surface area contributed by atoms with E-state index in [2.05, 4.69) is 15.6 Å². The minimum Gasteiger partial charge on any atom is -0.444 e. The zero-order valence-electron chi connectivity index (χ0n) is 18.4. The Hall–Kier alpha value is -3.72. The maximum Gasteiger partial charge on any atom is 0.412 e. The number of hydrogen-bond donors (Lipinski definition) is 2. The summed E-state index contributed by atoms with van der Waals surface area (Å²) in [5, 5.41) is 6.97. The van der Waals surface area contributed by atoms with Gasteiger partial charge in [-0.15, -0.1) is 11.3 Å². The molecule has 0 aliphatic rings. The van der Waals surface area contributed by atoms with Gasteiger partial charge in [-0.1, -0.05) is 30.3 Å². The molecular formula is C24H23FN4O3S. The number of benzene rings is 2. The summed E-state index contributed by atoms with van der Waals surface area (Å²) in [6.45, 7) is 5.23. The number of amides is 2. The van der Waals surface area contributed by atoms with Crippen LogP contribution in [0.25, 0.3) is 16.2 Å². The smallest absolute Gasteiger partial charge is 0.412 e. The fourth-order valence-electron chi connectivity index (χ4n) is 3.18. The lowest BCUT2D eigenvalue weighted by Gasteiger charge is -2.19. The van der Waals surface area contributed by atoms with Crippen LogP contribution in [-0.4, -0.2) is 27.0 Å². The van der Waals surface area contributed by atoms with Crippen LogP contribution in [0.15, 0.2) is 60.1 Å². The zero-order chi connectivity index (χ0) is 23.6. The van der Waals surface area contributed by atoms with Crippen LogP contribution >= 0.6 is 11.3 Å². The first-order valence-electron chi connectivity index (χ1n) is 10.3. The second-order valence-electron chi connectivity index (χ2n) is 8.42. The highest BCUT2D eigenvalue weighted by atomic mass is 32.1. The Bertz CT molecular complexity index is 1310. The number of halogens is 1. The number of carbonyl (C=O) groups is 2. The first-order chi connectivity index (χ1) is 15.7. The number of hydrogen-bond acceptors (Lipinski definition) is 5. The van der Waals surface area contributed by atoms with Gasteiger partial charge in [0.1, 0.15) is 11.4 Å². The molecule has 2 N–H and O–H groups in total. The number of fused-ring (bicyclic) bond motifs is 1. The molecule has 0 saturated carbocycles. The van der Waals surface area contributed by atoms with Crippen LogP contribution in [0.3, 0.4) is 0 Å². The number of nitrogens with zero attached hydrogens (tertiary/aromatic N) is 2. The molecule has 2 heterocycles. The number of rotatable bonds is 5. The molecule has 0 fully saturated rings. The van der Waals surface area contributed by atoms with Crippen LogP contribution in [0.2, 0.25) is 0 Å². The summed E-state index contributed by atoms with van der Waals surface area (Å²) in [4.78, 5) is 30.0. The average molecular weight is 467 g/mol. The second-order valence-corrected chi connectivity index (χ2v) is 9.25. The Labute approximate surface area is 194 Å². The molecule has 0 unspecified atom stereocenters. The Balaban J connectivity index is 1.46. The van der Waals surface area contributed by atoms with Crippen molar-refractivity contribution >= 4 is 39.7 Å². The molecule has 4 rings (SSSR count). The van der Waals surface area contributed by atoms with Gasteiger partial charge in [-0.3, -0.25) is 14.5 Å². The van der Waals surface area contributed by atoms with Crippen LogP contribution in [0, 0.1) is 5.82 Å². The summed E-state index contributed by atoms with van der Waals surface area (Å²) >= 11 is 1.43. The van der Waals surface area contributed by atoms with Gasteiger partial charge in [0, 0.05) is 28.5 Å². The lowest BCUT2D eigenvalue weighted by Crippen LogP contribution is -2.27. The lowest BCUT2D eigenvalue weighted by atomic mass is 10.2. The van der Waals surface area contributed by atoms with Gasteiger partial charge in [0.15, 0.2) is 4.96 Å². The van der Waals surface area contributed by atoms with Crippen LogP contribution in [0.1, 0.15) is 26.5 Å². The molecule has 4 aromatic rings. The molecule has 0 radical (unpaired) electrons. The summed E-state index contributed by atoms with van der Waals surface area (Å²) in [5.74, 6) is -1.000. The van der Waals surface area contributed by atoms with Crippen LogP contribution in [-0.2, 0) is 16.0 Å². The van der Waals surface area contributed by atoms with E-state index < -0.39 is 23.4 Å². The van der Waals surface area contributed by atoms with E-state index in [-0.39, 0.29) is 12.1 Å². The normalized spacial score (nSPS) is 11.4. The van der Waals surface area contributed by atoms with E-state index in [1.54, 1.807) is 20.8 Å². The number of thiazole rings is 1. The van der Waals surface area contributed by atoms with Crippen molar-refractivity contribution in [3.05, 3.63) is 71.6 Å². The summed E-state index contributed by atoms with van der Waals surface area (Å²) in [5.41, 5.74) is 2.15. The summed E-state index contributed by atoms with van der Waals surface area (Å²) in [6.07, 6.45) is 1.25. The maximum absolute atomic E-state index is 14.3. The Morgan fingerprint density at radius 1 is 1.12 bits per heavy atom. The first kappa shape index (κ1) is 22.5. The summed E-state index contributed by atoms with van der Waals surface area (Å²) in [7, 11) is 0. The molecule has 170 valence electrons. The zero-order valence-corrected chi connectivity index (χ0v) is 19.2. The van der Waals surface area contributed by atoms with Gasteiger partial charge in [0.05, 0.1) is 17.8 Å². The monoisotopic (exact) mass is 466 g/mol. The van der Waals surface area contributed by atoms with Gasteiger partial charge >= 0.3 is 6.09 Å². The van der Waals surface area contributed by atoms with Crippen molar-refractivity contribution in [1.29, 1.82) is 0 Å². The molecule has 2 amide bonds. The number of anilines is 2. The molecule has 2 aromatic carbocycles. The fourth-order valence-corrected chi connectivity index (χ4v) is 4.06. The molecule has 0 aliphatic heterocycles. The highest BCUT2D eigenvalue weighted by Gasteiger charge is 2.18. The van der Waals surface area contributed by atoms with Crippen LogP contribution < -0.4 is 10.6 Å². The van der Waals surface area contributed by atoms with E-state index in [4.69, 9.17) is 4.74 Å². The van der Waals surface area contributed by atoms with Crippen molar-refractivity contribution in [2.45, 2.75) is 32.8 Å². The van der Waals surface area contributed by atoms with Gasteiger partial charge in [-0.05, 0) is 39.0 Å². The van der Waals surface area contributed by atoms with Gasteiger partial charge in [0.2, 0.25) is 5.91 Å². The van der Waals surface area contributed by atoms with Gasteiger partial charge in [0.25, 0.3) is 0 Å². The summed E-state index contributed by atoms with van der Waals surface area (Å²) < 4.78 is 21.4. The molecular weight excluding hydrogens is 443 g/mol. The van der Waals surface area contributed by atoms with Crippen molar-refractivity contribution in [3.63, 3.8) is 0 Å². The topological polar surface area (TPSA) is 84.7 Å². The fraction of sp³-hybridized carbons (Fsp3) is 0.208. The molecule has 0 atom stereocenters. The SMILES string of the molecule is CC(C)(C)OC(=O)Nc1ccc(F)c(NC(=O)Cc2csc3nc(-c4ccccc4)cn23)c1. The molecule has 0 saturated heterocycles. The molecule has 0 aliphatic carbocycles. The maximum atomic E-state index is 14.3. The van der Waals surface area contributed by atoms with E-state index in [9.17, 15) is 14.0 Å². The third-order valence-electron chi connectivity index (χ3n) is 4.58. The molecule has 33 heavy (non-hydrogen) atoms. The third kappa shape index (κ3) is 5.56. The number of imidazole rings is 1. The molecule has 2 aromatic heterocycles. The number of aromatic nitrogens is 2. The van der Waals surface area contributed by atoms with Crippen LogP contribution in [0.4, 0.5) is 20.6 Å². The standard InChI is InChI=1S/C24H23FN4O3S/c1-24(2,3)32-23(31)26-16-9-10-18(25)19(11-16)27-21(30)12-17-14-33-22-28-20(13-29(17)22)15-7-5-4-6-8-15/h4-11,13-14H,12H2,1-3H3,(H,26,31)(H,27,30). The van der Waals surface area contributed by atoms with Crippen molar-refractivity contribution in [2.75, 3.05) is 10.6 Å². The van der Waals surface area contributed by atoms with E-state index in [1.807, 2.05) is 46.3 Å². The van der Waals surface area contributed by atoms with Gasteiger partial charge in [-0.25, -0.2) is 14.2 Å². The van der Waals surface area contributed by atoms with Crippen molar-refractivity contribution in [2.24, 2.45) is 0 Å². The first-order valence-corrected chi connectivity index (χ1v) is 11.2. The quantitative estimate of drug-likeness (QED) is 0.393.